The molecule has 2 aromatic rings. The number of carbonyl (C=O) groups excluding carboxylic acids is 3. The molecule has 0 radical (unpaired) electrons. The first kappa shape index (κ1) is 18.6. The van der Waals surface area contributed by atoms with Gasteiger partial charge in [0.25, 0.3) is 17.5 Å². The highest BCUT2D eigenvalue weighted by atomic mass is 16.6. The van der Waals surface area contributed by atoms with Crippen molar-refractivity contribution in [3.05, 3.63) is 69.8 Å². The highest BCUT2D eigenvalue weighted by Gasteiger charge is 2.49. The quantitative estimate of drug-likeness (QED) is 0.451. The minimum Gasteiger partial charge on any atom is -0.334 e. The standard InChI is InChI=1S/C20H18N4O5/c1-13-11-14(7-8-16(13)24(28)29)18(25)21-9-10-22-17(12-21)19(26)23(20(22)27)15-5-3-2-4-6-15/h2-8,11,17H,9-10,12H2,1H3/t17-/m0/s1. The molecule has 9 nitrogen and oxygen atoms in total. The van der Waals surface area contributed by atoms with Crippen molar-refractivity contribution in [2.45, 2.75) is 13.0 Å². The third kappa shape index (κ3) is 3.10. The number of urea groups is 1. The van der Waals surface area contributed by atoms with Gasteiger partial charge in [0, 0.05) is 30.3 Å². The first-order chi connectivity index (χ1) is 13.9. The fourth-order valence-corrected chi connectivity index (χ4v) is 3.77. The summed E-state index contributed by atoms with van der Waals surface area (Å²) in [5, 5.41) is 11.0. The maximum atomic E-state index is 12.9. The van der Waals surface area contributed by atoms with Crippen molar-refractivity contribution < 1.29 is 19.3 Å². The third-order valence-corrected chi connectivity index (χ3v) is 5.26. The Morgan fingerprint density at radius 1 is 1.10 bits per heavy atom. The Hall–Kier alpha value is -3.75. The first-order valence-corrected chi connectivity index (χ1v) is 9.12. The van der Waals surface area contributed by atoms with Crippen molar-refractivity contribution >= 4 is 29.2 Å². The number of imide groups is 1. The molecule has 2 saturated heterocycles. The van der Waals surface area contributed by atoms with Crippen LogP contribution in [0, 0.1) is 17.0 Å². The minimum atomic E-state index is -0.737. The maximum absolute atomic E-state index is 12.9. The van der Waals surface area contributed by atoms with Crippen LogP contribution in [0.2, 0.25) is 0 Å². The number of amides is 4. The number of nitro benzene ring substituents is 1. The van der Waals surface area contributed by atoms with E-state index in [-0.39, 0.29) is 43.2 Å². The first-order valence-electron chi connectivity index (χ1n) is 9.12. The lowest BCUT2D eigenvalue weighted by Gasteiger charge is -2.35. The number of rotatable bonds is 3. The van der Waals surface area contributed by atoms with Crippen LogP contribution in [0.4, 0.5) is 16.2 Å². The van der Waals surface area contributed by atoms with Crippen LogP contribution in [-0.4, -0.2) is 58.2 Å². The predicted molar refractivity (Wildman–Crippen MR) is 104 cm³/mol. The Morgan fingerprint density at radius 3 is 2.48 bits per heavy atom. The molecule has 4 amide bonds. The number of fused-ring (bicyclic) bond motifs is 1. The molecule has 4 rings (SSSR count). The van der Waals surface area contributed by atoms with E-state index in [4.69, 9.17) is 0 Å². The Morgan fingerprint density at radius 2 is 1.83 bits per heavy atom. The molecule has 29 heavy (non-hydrogen) atoms. The topological polar surface area (TPSA) is 104 Å². The Kier molecular flexibility index (Phi) is 4.50. The van der Waals surface area contributed by atoms with E-state index < -0.39 is 11.0 Å². The molecular formula is C20H18N4O5. The SMILES string of the molecule is Cc1cc(C(=O)N2CCN3C(=O)N(c4ccccc4)C(=O)[C@@H]3C2)ccc1[N+](=O)[O-]. The van der Waals surface area contributed by atoms with Gasteiger partial charge in [-0.15, -0.1) is 0 Å². The molecule has 148 valence electrons. The van der Waals surface area contributed by atoms with Crippen molar-refractivity contribution in [1.29, 1.82) is 0 Å². The summed E-state index contributed by atoms with van der Waals surface area (Å²) >= 11 is 0. The number of benzene rings is 2. The number of nitrogens with zero attached hydrogens (tertiary/aromatic N) is 4. The Labute approximate surface area is 166 Å². The van der Waals surface area contributed by atoms with Crippen LogP contribution in [0.25, 0.3) is 0 Å². The van der Waals surface area contributed by atoms with E-state index in [9.17, 15) is 24.5 Å². The second-order valence-electron chi connectivity index (χ2n) is 7.01. The minimum absolute atomic E-state index is 0.0542. The highest BCUT2D eigenvalue weighted by molar-refractivity contribution is 6.21. The number of para-hydroxylation sites is 1. The monoisotopic (exact) mass is 394 g/mol. The molecule has 0 aliphatic carbocycles. The summed E-state index contributed by atoms with van der Waals surface area (Å²) in [6.07, 6.45) is 0. The molecule has 0 unspecified atom stereocenters. The Balaban J connectivity index is 1.55. The number of hydrogen-bond donors (Lipinski definition) is 0. The molecule has 0 bridgehead atoms. The molecule has 2 heterocycles. The zero-order valence-electron chi connectivity index (χ0n) is 15.6. The number of piperazine rings is 1. The summed E-state index contributed by atoms with van der Waals surface area (Å²) in [7, 11) is 0. The molecule has 2 fully saturated rings. The Bertz CT molecular complexity index is 1020. The van der Waals surface area contributed by atoms with Crippen molar-refractivity contribution in [2.24, 2.45) is 0 Å². The highest BCUT2D eigenvalue weighted by Crippen LogP contribution is 2.28. The lowest BCUT2D eigenvalue weighted by atomic mass is 10.1. The number of hydrogen-bond acceptors (Lipinski definition) is 5. The van der Waals surface area contributed by atoms with Crippen LogP contribution in [0.3, 0.4) is 0 Å². The molecule has 2 aliphatic rings. The van der Waals surface area contributed by atoms with E-state index in [1.807, 2.05) is 0 Å². The second-order valence-corrected chi connectivity index (χ2v) is 7.01. The fourth-order valence-electron chi connectivity index (χ4n) is 3.77. The molecule has 0 aromatic heterocycles. The molecule has 2 aliphatic heterocycles. The third-order valence-electron chi connectivity index (χ3n) is 5.26. The number of anilines is 1. The summed E-state index contributed by atoms with van der Waals surface area (Å²) < 4.78 is 0. The van der Waals surface area contributed by atoms with Crippen molar-refractivity contribution in [1.82, 2.24) is 9.80 Å². The molecular weight excluding hydrogens is 376 g/mol. The average Bonchev–Trinajstić information content (AvgIpc) is 2.97. The zero-order chi connectivity index (χ0) is 20.7. The molecule has 0 N–H and O–H groups in total. The number of aryl methyl sites for hydroxylation is 1. The lowest BCUT2D eigenvalue weighted by Crippen LogP contribution is -2.54. The van der Waals surface area contributed by atoms with Crippen LogP contribution in [-0.2, 0) is 4.79 Å². The van der Waals surface area contributed by atoms with Crippen LogP contribution >= 0.6 is 0 Å². The molecule has 2 aromatic carbocycles. The van der Waals surface area contributed by atoms with E-state index in [2.05, 4.69) is 0 Å². The van der Waals surface area contributed by atoms with Gasteiger partial charge in [0.1, 0.15) is 6.04 Å². The molecule has 9 heteroatoms. The van der Waals surface area contributed by atoms with Crippen molar-refractivity contribution in [3.63, 3.8) is 0 Å². The number of nitro groups is 1. The summed E-state index contributed by atoms with van der Waals surface area (Å²) in [6.45, 7) is 2.19. The van der Waals surface area contributed by atoms with Crippen LogP contribution < -0.4 is 4.90 Å². The molecule has 1 atom stereocenters. The number of carbonyl (C=O) groups is 3. The smallest absolute Gasteiger partial charge is 0.332 e. The summed E-state index contributed by atoms with van der Waals surface area (Å²) in [4.78, 5) is 53.1. The maximum Gasteiger partial charge on any atom is 0.332 e. The van der Waals surface area contributed by atoms with Gasteiger partial charge in [-0.2, -0.15) is 0 Å². The van der Waals surface area contributed by atoms with Gasteiger partial charge < -0.3 is 9.80 Å². The predicted octanol–water partition coefficient (Wildman–Crippen LogP) is 2.20. The average molecular weight is 394 g/mol. The van der Waals surface area contributed by atoms with Gasteiger partial charge in [0.15, 0.2) is 0 Å². The van der Waals surface area contributed by atoms with Gasteiger partial charge in [-0.3, -0.25) is 19.7 Å². The summed E-state index contributed by atoms with van der Waals surface area (Å²) in [5.74, 6) is -0.681. The molecule has 0 saturated carbocycles. The fraction of sp³-hybridized carbons (Fsp3) is 0.250. The van der Waals surface area contributed by atoms with E-state index >= 15 is 0 Å². The zero-order valence-corrected chi connectivity index (χ0v) is 15.6. The van der Waals surface area contributed by atoms with Crippen molar-refractivity contribution in [3.8, 4) is 0 Å². The lowest BCUT2D eigenvalue weighted by molar-refractivity contribution is -0.385. The van der Waals surface area contributed by atoms with Gasteiger partial charge in [-0.05, 0) is 31.2 Å². The van der Waals surface area contributed by atoms with Crippen LogP contribution in [0.15, 0.2) is 48.5 Å². The van der Waals surface area contributed by atoms with E-state index in [0.717, 1.165) is 4.90 Å². The van der Waals surface area contributed by atoms with Gasteiger partial charge >= 0.3 is 6.03 Å². The largest absolute Gasteiger partial charge is 0.334 e. The van der Waals surface area contributed by atoms with Gasteiger partial charge in [-0.1, -0.05) is 18.2 Å². The second kappa shape index (κ2) is 7.01. The summed E-state index contributed by atoms with van der Waals surface area (Å²) in [5.41, 5.74) is 1.15. The van der Waals surface area contributed by atoms with Gasteiger partial charge in [0.05, 0.1) is 17.2 Å². The van der Waals surface area contributed by atoms with E-state index in [1.54, 1.807) is 37.3 Å². The summed E-state index contributed by atoms with van der Waals surface area (Å²) in [6, 6.07) is 11.8. The molecule has 0 spiro atoms. The van der Waals surface area contributed by atoms with E-state index in [0.29, 0.717) is 16.8 Å². The van der Waals surface area contributed by atoms with Gasteiger partial charge in [-0.25, -0.2) is 9.69 Å². The van der Waals surface area contributed by atoms with Crippen LogP contribution in [0.5, 0.6) is 0 Å². The normalized spacial score (nSPS) is 18.8. The van der Waals surface area contributed by atoms with Crippen LogP contribution in [0.1, 0.15) is 15.9 Å². The van der Waals surface area contributed by atoms with Crippen molar-refractivity contribution in [2.75, 3.05) is 24.5 Å². The van der Waals surface area contributed by atoms with E-state index in [1.165, 1.54) is 28.0 Å². The van der Waals surface area contributed by atoms with Gasteiger partial charge in [0.2, 0.25) is 0 Å².